The van der Waals surface area contributed by atoms with E-state index in [1.807, 2.05) is 16.3 Å². The Balaban J connectivity index is 0.000000663. The van der Waals surface area contributed by atoms with E-state index in [0.717, 1.165) is 24.4 Å². The Labute approximate surface area is 238 Å². The molecule has 0 spiro atoms. The zero-order valence-corrected chi connectivity index (χ0v) is 24.2. The summed E-state index contributed by atoms with van der Waals surface area (Å²) in [7, 11) is 1.90. The number of fused-ring (bicyclic) bond motifs is 1. The van der Waals surface area contributed by atoms with Gasteiger partial charge in [0.15, 0.2) is 0 Å². The van der Waals surface area contributed by atoms with Gasteiger partial charge in [-0.1, -0.05) is 13.0 Å². The molecule has 2 aromatic carbocycles. The summed E-state index contributed by atoms with van der Waals surface area (Å²) in [6.07, 6.45) is -0.627. The number of nitrogens with zero attached hydrogens (tertiary/aromatic N) is 2. The lowest BCUT2D eigenvalue weighted by Crippen LogP contribution is -2.37. The fourth-order valence-corrected chi connectivity index (χ4v) is 6.01. The molecule has 13 heteroatoms. The molecular weight excluding hydrogens is 578 g/mol. The third-order valence-electron chi connectivity index (χ3n) is 6.24. The van der Waals surface area contributed by atoms with Crippen molar-refractivity contribution >= 4 is 41.1 Å². The molecule has 0 aromatic heterocycles. The van der Waals surface area contributed by atoms with E-state index in [2.05, 4.69) is 0 Å². The molecular formula is C27H32F6N2O3S2. The lowest BCUT2D eigenvalue weighted by Gasteiger charge is -2.35. The van der Waals surface area contributed by atoms with Gasteiger partial charge in [-0.2, -0.15) is 0 Å². The van der Waals surface area contributed by atoms with Crippen molar-refractivity contribution in [2.75, 3.05) is 31.6 Å². The summed E-state index contributed by atoms with van der Waals surface area (Å²) in [4.78, 5) is 14.4. The predicted octanol–water partition coefficient (Wildman–Crippen LogP) is 8.05. The van der Waals surface area contributed by atoms with Crippen molar-refractivity contribution in [2.24, 2.45) is 0 Å². The summed E-state index contributed by atoms with van der Waals surface area (Å²) in [6, 6.07) is 9.63. The van der Waals surface area contributed by atoms with Gasteiger partial charge in [-0.3, -0.25) is 0 Å². The Hall–Kier alpha value is -2.25. The highest BCUT2D eigenvalue weighted by Crippen LogP contribution is 2.51. The third kappa shape index (κ3) is 8.87. The molecule has 1 aliphatic carbocycles. The maximum atomic E-state index is 14.4. The highest BCUT2D eigenvalue weighted by Gasteiger charge is 2.46. The number of hydrogen-bond donors (Lipinski definition) is 1. The smallest absolute Gasteiger partial charge is 0.344 e. The summed E-state index contributed by atoms with van der Waals surface area (Å²) >= 11 is 2.62. The maximum absolute atomic E-state index is 14.4. The molecule has 4 rings (SSSR count). The molecule has 5 nitrogen and oxygen atoms in total. The normalized spacial score (nSPS) is 18.9. The van der Waals surface area contributed by atoms with Gasteiger partial charge in [-0.15, -0.1) is 11.8 Å². The number of thioether (sulfide) groups is 1. The second-order valence-corrected chi connectivity index (χ2v) is 12.6. The highest BCUT2D eigenvalue weighted by molar-refractivity contribution is 8.00. The van der Waals surface area contributed by atoms with E-state index >= 15 is 0 Å². The number of carboxylic acids is 1. The fraction of sp³-hybridized carbons (Fsp3) is 0.519. The van der Waals surface area contributed by atoms with Crippen LogP contribution < -0.4 is 9.64 Å². The molecule has 1 heterocycles. The largest absolute Gasteiger partial charge is 0.488 e. The van der Waals surface area contributed by atoms with Crippen LogP contribution in [0.2, 0.25) is 0 Å². The van der Waals surface area contributed by atoms with Crippen LogP contribution in [-0.4, -0.2) is 64.9 Å². The summed E-state index contributed by atoms with van der Waals surface area (Å²) in [5, 5.41) is 8.74. The van der Waals surface area contributed by atoms with Crippen LogP contribution in [0.1, 0.15) is 40.0 Å². The Morgan fingerprint density at radius 2 is 1.82 bits per heavy atom. The van der Waals surface area contributed by atoms with Gasteiger partial charge >= 0.3 is 5.97 Å². The van der Waals surface area contributed by atoms with Crippen LogP contribution in [0, 0.1) is 5.82 Å². The predicted molar refractivity (Wildman–Crippen MR) is 146 cm³/mol. The first-order chi connectivity index (χ1) is 18.5. The Morgan fingerprint density at radius 1 is 1.18 bits per heavy atom. The molecule has 1 N–H and O–H groups in total. The van der Waals surface area contributed by atoms with E-state index in [-0.39, 0.29) is 36.1 Å². The van der Waals surface area contributed by atoms with Gasteiger partial charge in [0.1, 0.15) is 18.2 Å². The number of rotatable bonds is 8. The molecule has 40 heavy (non-hydrogen) atoms. The topological polar surface area (TPSA) is 53.0 Å². The molecule has 0 saturated heterocycles. The monoisotopic (exact) mass is 610 g/mol. The summed E-state index contributed by atoms with van der Waals surface area (Å²) < 4.78 is 85.8. The minimum absolute atomic E-state index is 0.0625. The molecule has 222 valence electrons. The molecule has 1 atom stereocenters. The van der Waals surface area contributed by atoms with E-state index in [1.54, 1.807) is 24.3 Å². The van der Waals surface area contributed by atoms with Gasteiger partial charge in [0, 0.05) is 43.3 Å². The quantitative estimate of drug-likeness (QED) is 0.240. The summed E-state index contributed by atoms with van der Waals surface area (Å²) in [6.45, 7) is 3.74. The van der Waals surface area contributed by atoms with E-state index in [4.69, 9.17) is 9.84 Å². The molecule has 0 radical (unpaired) electrons. The number of carbonyl (C=O) groups is 1. The van der Waals surface area contributed by atoms with E-state index in [0.29, 0.717) is 23.7 Å². The molecule has 2 aliphatic rings. The number of aliphatic carboxylic acids is 1. The molecule has 1 saturated carbocycles. The molecule has 2 aromatic rings. The van der Waals surface area contributed by atoms with E-state index in [9.17, 15) is 31.1 Å². The summed E-state index contributed by atoms with van der Waals surface area (Å²) in [5.74, 6) is -6.98. The van der Waals surface area contributed by atoms with Gasteiger partial charge in [-0.25, -0.2) is 35.4 Å². The van der Waals surface area contributed by atoms with Crippen molar-refractivity contribution in [1.29, 1.82) is 0 Å². The average molecular weight is 611 g/mol. The van der Waals surface area contributed by atoms with Crippen LogP contribution in [0.4, 0.5) is 37.7 Å². The standard InChI is InChI=1S/C23H24F4N2O3S2.C4H8F2/c1-22(25,21(30)31)13-32-18-10-19-17(9-20(18)33-16-11-23(26,27)12-16)29(7-6-28(2)34-19)15-5-3-4-14(24)8-15;1-3-4(2,5)6/h3-5,8-10,16H,6-7,11-13H2,1-2H3,(H,30,31);3H2,1-2H3. The first kappa shape index (κ1) is 32.3. The number of hydrogen-bond acceptors (Lipinski definition) is 6. The second-order valence-electron chi connectivity index (χ2n) is 10.1. The lowest BCUT2D eigenvalue weighted by molar-refractivity contribution is -0.151. The zero-order valence-electron chi connectivity index (χ0n) is 22.5. The van der Waals surface area contributed by atoms with E-state index < -0.39 is 30.1 Å². The van der Waals surface area contributed by atoms with Crippen LogP contribution in [-0.2, 0) is 4.79 Å². The fourth-order valence-electron chi connectivity index (χ4n) is 3.65. The van der Waals surface area contributed by atoms with Crippen LogP contribution in [0.5, 0.6) is 5.75 Å². The number of ether oxygens (including phenoxy) is 1. The van der Waals surface area contributed by atoms with Crippen molar-refractivity contribution < 1.29 is 41.0 Å². The number of benzene rings is 2. The molecule has 1 aliphatic heterocycles. The van der Waals surface area contributed by atoms with Crippen LogP contribution in [0.15, 0.2) is 46.2 Å². The number of likely N-dealkylation sites (N-methyl/N-ethyl adjacent to an activating group) is 1. The van der Waals surface area contributed by atoms with Gasteiger partial charge in [0.25, 0.3) is 0 Å². The minimum Gasteiger partial charge on any atom is -0.488 e. The van der Waals surface area contributed by atoms with Gasteiger partial charge in [-0.05, 0) is 63.2 Å². The van der Waals surface area contributed by atoms with Gasteiger partial charge < -0.3 is 14.7 Å². The Bertz CT molecular complexity index is 1190. The van der Waals surface area contributed by atoms with Crippen molar-refractivity contribution in [3.05, 3.63) is 42.2 Å². The maximum Gasteiger partial charge on any atom is 0.344 e. The van der Waals surface area contributed by atoms with Gasteiger partial charge in [0.05, 0.1) is 15.5 Å². The molecule has 0 bridgehead atoms. The SMILES string of the molecule is CCC(C)(F)F.CN1CCN(c2cccc(F)c2)c2cc(SC3CC(F)(F)C3)c(OCC(C)(F)C(=O)O)cc2S1. The first-order valence-electron chi connectivity index (χ1n) is 12.6. The zero-order chi connectivity index (χ0) is 29.9. The lowest BCUT2D eigenvalue weighted by atomic mass is 9.94. The summed E-state index contributed by atoms with van der Waals surface area (Å²) in [5.41, 5.74) is -1.24. The molecule has 1 unspecified atom stereocenters. The van der Waals surface area contributed by atoms with E-state index in [1.165, 1.54) is 42.8 Å². The van der Waals surface area contributed by atoms with Crippen molar-refractivity contribution in [2.45, 2.75) is 72.6 Å². The van der Waals surface area contributed by atoms with Crippen LogP contribution in [0.3, 0.4) is 0 Å². The van der Waals surface area contributed by atoms with Crippen LogP contribution >= 0.6 is 23.7 Å². The Kier molecular flexibility index (Phi) is 10.3. The first-order valence-corrected chi connectivity index (χ1v) is 14.2. The second kappa shape index (κ2) is 12.7. The van der Waals surface area contributed by atoms with Gasteiger partial charge in [0.2, 0.25) is 17.5 Å². The molecule has 0 amide bonds. The van der Waals surface area contributed by atoms with Crippen molar-refractivity contribution in [3.63, 3.8) is 0 Å². The van der Waals surface area contributed by atoms with Crippen molar-refractivity contribution in [1.82, 2.24) is 4.31 Å². The average Bonchev–Trinajstić information content (AvgIpc) is 2.99. The highest BCUT2D eigenvalue weighted by atomic mass is 32.2. The van der Waals surface area contributed by atoms with Crippen LogP contribution in [0.25, 0.3) is 0 Å². The number of anilines is 2. The Morgan fingerprint density at radius 3 is 2.38 bits per heavy atom. The number of halogens is 6. The molecule has 1 fully saturated rings. The third-order valence-corrected chi connectivity index (χ3v) is 8.50. The minimum atomic E-state index is -2.71. The number of carboxylic acid groups (broad SMARTS) is 1. The number of alkyl halides is 5. The van der Waals surface area contributed by atoms with Crippen molar-refractivity contribution in [3.8, 4) is 5.75 Å².